The molecule has 0 radical (unpaired) electrons. The highest BCUT2D eigenvalue weighted by molar-refractivity contribution is 7.89. The first-order chi connectivity index (χ1) is 11.8. The molecule has 3 rings (SSSR count). The van der Waals surface area contributed by atoms with Crippen LogP contribution in [0.3, 0.4) is 0 Å². The van der Waals surface area contributed by atoms with E-state index in [4.69, 9.17) is 9.47 Å². The second-order valence-electron chi connectivity index (χ2n) is 6.66. The summed E-state index contributed by atoms with van der Waals surface area (Å²) >= 11 is 0. The third-order valence-electron chi connectivity index (χ3n) is 5.14. The second kappa shape index (κ2) is 6.59. The van der Waals surface area contributed by atoms with Crippen LogP contribution in [-0.4, -0.2) is 56.7 Å². The van der Waals surface area contributed by atoms with Crippen molar-refractivity contribution in [3.8, 4) is 5.75 Å². The van der Waals surface area contributed by atoms with Crippen molar-refractivity contribution in [2.75, 3.05) is 32.9 Å². The number of fused-ring (bicyclic) bond motifs is 1. The largest absolute Gasteiger partial charge is 0.494 e. The van der Waals surface area contributed by atoms with Crippen molar-refractivity contribution in [2.24, 2.45) is 11.3 Å². The number of ether oxygens (including phenoxy) is 2. The molecular weight excluding hydrogens is 346 g/mol. The molecule has 1 N–H and O–H groups in total. The Labute approximate surface area is 147 Å². The Morgan fingerprint density at radius 3 is 2.84 bits per heavy atom. The van der Waals surface area contributed by atoms with Gasteiger partial charge in [0.2, 0.25) is 10.0 Å². The van der Waals surface area contributed by atoms with Crippen LogP contribution in [0.2, 0.25) is 0 Å². The van der Waals surface area contributed by atoms with Gasteiger partial charge in [-0.1, -0.05) is 0 Å². The molecule has 0 bridgehead atoms. The van der Waals surface area contributed by atoms with Crippen LogP contribution >= 0.6 is 0 Å². The molecular formula is C17H23NO6S. The number of rotatable bonds is 5. The number of hydrogen-bond donors (Lipinski definition) is 1. The van der Waals surface area contributed by atoms with Gasteiger partial charge in [0.1, 0.15) is 11.2 Å². The van der Waals surface area contributed by atoms with E-state index < -0.39 is 21.4 Å². The maximum absolute atomic E-state index is 13.0. The summed E-state index contributed by atoms with van der Waals surface area (Å²) in [5.74, 6) is -0.568. The summed E-state index contributed by atoms with van der Waals surface area (Å²) in [6.45, 7) is 4.84. The highest BCUT2D eigenvalue weighted by atomic mass is 32.2. The molecule has 2 saturated heterocycles. The summed E-state index contributed by atoms with van der Waals surface area (Å²) in [5, 5.41) is 9.67. The first-order valence-corrected chi connectivity index (χ1v) is 9.80. The molecule has 2 atom stereocenters. The van der Waals surface area contributed by atoms with Gasteiger partial charge in [-0.3, -0.25) is 4.79 Å². The van der Waals surface area contributed by atoms with Crippen molar-refractivity contribution in [3.63, 3.8) is 0 Å². The van der Waals surface area contributed by atoms with Crippen LogP contribution in [0.1, 0.15) is 18.9 Å². The predicted octanol–water partition coefficient (Wildman–Crippen LogP) is 1.51. The van der Waals surface area contributed by atoms with Gasteiger partial charge < -0.3 is 14.6 Å². The minimum Gasteiger partial charge on any atom is -0.494 e. The van der Waals surface area contributed by atoms with Gasteiger partial charge in [-0.2, -0.15) is 4.31 Å². The lowest BCUT2D eigenvalue weighted by molar-refractivity contribution is -0.159. The number of nitrogens with zero attached hydrogens (tertiary/aromatic N) is 1. The van der Waals surface area contributed by atoms with Crippen LogP contribution in [-0.2, 0) is 19.6 Å². The molecule has 138 valence electrons. The van der Waals surface area contributed by atoms with Crippen molar-refractivity contribution in [2.45, 2.75) is 25.2 Å². The fraction of sp³-hybridized carbons (Fsp3) is 0.588. The first kappa shape index (κ1) is 18.2. The van der Waals surface area contributed by atoms with E-state index in [0.717, 1.165) is 5.56 Å². The number of aliphatic carboxylic acids is 1. The zero-order chi connectivity index (χ0) is 18.2. The van der Waals surface area contributed by atoms with E-state index in [0.29, 0.717) is 25.4 Å². The molecule has 0 aliphatic carbocycles. The SMILES string of the molecule is CCOc1ccc(S(=O)(=O)N2C[C@@H]3CCOC[C@]3(C(=O)O)C2)cc1C. The fourth-order valence-electron chi connectivity index (χ4n) is 3.68. The van der Waals surface area contributed by atoms with Crippen LogP contribution in [0.4, 0.5) is 0 Å². The van der Waals surface area contributed by atoms with Gasteiger partial charge >= 0.3 is 5.97 Å². The number of aryl methyl sites for hydroxylation is 1. The number of benzene rings is 1. The molecule has 0 amide bonds. The highest BCUT2D eigenvalue weighted by Gasteiger charge is 2.56. The summed E-state index contributed by atoms with van der Waals surface area (Å²) in [4.78, 5) is 12.0. The highest BCUT2D eigenvalue weighted by Crippen LogP contribution is 2.43. The van der Waals surface area contributed by atoms with Gasteiger partial charge in [0, 0.05) is 19.7 Å². The molecule has 0 saturated carbocycles. The maximum atomic E-state index is 13.0. The molecule has 2 heterocycles. The molecule has 25 heavy (non-hydrogen) atoms. The fourth-order valence-corrected chi connectivity index (χ4v) is 5.32. The van der Waals surface area contributed by atoms with Crippen molar-refractivity contribution in [1.29, 1.82) is 0 Å². The average Bonchev–Trinajstić information content (AvgIpc) is 2.98. The molecule has 2 aliphatic rings. The zero-order valence-corrected chi connectivity index (χ0v) is 15.2. The lowest BCUT2D eigenvalue weighted by atomic mass is 9.76. The van der Waals surface area contributed by atoms with Crippen molar-refractivity contribution < 1.29 is 27.8 Å². The van der Waals surface area contributed by atoms with Crippen molar-refractivity contribution >= 4 is 16.0 Å². The third-order valence-corrected chi connectivity index (χ3v) is 6.95. The van der Waals surface area contributed by atoms with Crippen LogP contribution < -0.4 is 4.74 Å². The number of carbonyl (C=O) groups is 1. The first-order valence-electron chi connectivity index (χ1n) is 8.36. The quantitative estimate of drug-likeness (QED) is 0.846. The van der Waals surface area contributed by atoms with Gasteiger partial charge in [0.15, 0.2) is 0 Å². The predicted molar refractivity (Wildman–Crippen MR) is 90.1 cm³/mol. The van der Waals surface area contributed by atoms with Crippen molar-refractivity contribution in [1.82, 2.24) is 4.31 Å². The Hall–Kier alpha value is -1.64. The van der Waals surface area contributed by atoms with Crippen LogP contribution in [0.5, 0.6) is 5.75 Å². The zero-order valence-electron chi connectivity index (χ0n) is 14.4. The van der Waals surface area contributed by atoms with Gasteiger partial charge in [0.05, 0.1) is 18.1 Å². The van der Waals surface area contributed by atoms with Gasteiger partial charge in [-0.25, -0.2) is 8.42 Å². The Bertz CT molecular complexity index is 777. The number of carboxylic acids is 1. The Balaban J connectivity index is 1.91. The summed E-state index contributed by atoms with van der Waals surface area (Å²) in [5.41, 5.74) is -0.415. The van der Waals surface area contributed by atoms with Crippen LogP contribution in [0.25, 0.3) is 0 Å². The molecule has 1 aromatic rings. The number of sulfonamides is 1. The Morgan fingerprint density at radius 1 is 1.48 bits per heavy atom. The molecule has 0 unspecified atom stereocenters. The standard InChI is InChI=1S/C17H23NO6S/c1-3-24-15-5-4-14(8-12(15)2)25(21,22)18-9-13-6-7-23-11-17(13,10-18)16(19)20/h4-5,8,13H,3,6-7,9-11H2,1-2H3,(H,19,20)/t13-,17+/m0/s1. The topological polar surface area (TPSA) is 93.1 Å². The minimum absolute atomic E-state index is 0.0540. The van der Waals surface area contributed by atoms with E-state index in [9.17, 15) is 18.3 Å². The van der Waals surface area contributed by atoms with E-state index in [1.54, 1.807) is 19.1 Å². The Kier molecular flexibility index (Phi) is 4.78. The lowest BCUT2D eigenvalue weighted by Gasteiger charge is -2.34. The van der Waals surface area contributed by atoms with Crippen molar-refractivity contribution in [3.05, 3.63) is 23.8 Å². The maximum Gasteiger partial charge on any atom is 0.313 e. The number of carboxylic acid groups (broad SMARTS) is 1. The van der Waals surface area contributed by atoms with Crippen LogP contribution in [0, 0.1) is 18.3 Å². The van der Waals surface area contributed by atoms with E-state index in [2.05, 4.69) is 0 Å². The molecule has 1 aromatic carbocycles. The molecule has 2 aliphatic heterocycles. The summed E-state index contributed by atoms with van der Waals surface area (Å²) in [6.07, 6.45) is 0.556. The normalized spacial score (nSPS) is 27.0. The van der Waals surface area contributed by atoms with Crippen LogP contribution in [0.15, 0.2) is 23.1 Å². The van der Waals surface area contributed by atoms with E-state index in [1.807, 2.05) is 6.92 Å². The van der Waals surface area contributed by atoms with E-state index >= 15 is 0 Å². The molecule has 0 aromatic heterocycles. The average molecular weight is 369 g/mol. The van der Waals surface area contributed by atoms with Gasteiger partial charge in [0.25, 0.3) is 0 Å². The van der Waals surface area contributed by atoms with E-state index in [1.165, 1.54) is 10.4 Å². The third kappa shape index (κ3) is 3.02. The molecule has 0 spiro atoms. The summed E-state index contributed by atoms with van der Waals surface area (Å²) in [7, 11) is -3.76. The molecule has 8 heteroatoms. The monoisotopic (exact) mass is 369 g/mol. The lowest BCUT2D eigenvalue weighted by Crippen LogP contribution is -2.46. The second-order valence-corrected chi connectivity index (χ2v) is 8.60. The summed E-state index contributed by atoms with van der Waals surface area (Å²) in [6, 6.07) is 4.73. The minimum atomic E-state index is -3.76. The van der Waals surface area contributed by atoms with E-state index in [-0.39, 0.29) is 30.5 Å². The van der Waals surface area contributed by atoms with Gasteiger partial charge in [-0.05, 0) is 49.9 Å². The Morgan fingerprint density at radius 2 is 2.24 bits per heavy atom. The smallest absolute Gasteiger partial charge is 0.313 e. The molecule has 2 fully saturated rings. The van der Waals surface area contributed by atoms with Gasteiger partial charge in [-0.15, -0.1) is 0 Å². The summed E-state index contributed by atoms with van der Waals surface area (Å²) < 4.78 is 38.1. The number of hydrogen-bond acceptors (Lipinski definition) is 5. The molecule has 7 nitrogen and oxygen atoms in total.